The van der Waals surface area contributed by atoms with Crippen molar-refractivity contribution in [1.82, 2.24) is 4.98 Å². The summed E-state index contributed by atoms with van der Waals surface area (Å²) in [5, 5.41) is 0. The molecule has 0 saturated heterocycles. The van der Waals surface area contributed by atoms with E-state index < -0.39 is 15.8 Å². The molecule has 0 spiro atoms. The lowest BCUT2D eigenvalue weighted by atomic mass is 10.2. The number of halogens is 1. The average Bonchev–Trinajstić information content (AvgIpc) is 2.48. The third-order valence-corrected chi connectivity index (χ3v) is 4.42. The topological polar surface area (TPSA) is 82.6 Å². The summed E-state index contributed by atoms with van der Waals surface area (Å²) in [7, 11) is -2.38. The first-order valence-electron chi connectivity index (χ1n) is 6.03. The van der Waals surface area contributed by atoms with E-state index in [2.05, 4.69) is 25.7 Å². The summed E-state index contributed by atoms with van der Waals surface area (Å²) < 4.78 is 34.5. The largest absolute Gasteiger partial charge is 0.465 e. The summed E-state index contributed by atoms with van der Waals surface area (Å²) in [6.07, 6.45) is 2.60. The zero-order valence-corrected chi connectivity index (χ0v) is 14.1. The Hall–Kier alpha value is -1.93. The minimum absolute atomic E-state index is 0.101. The van der Waals surface area contributed by atoms with Gasteiger partial charge in [-0.15, -0.1) is 0 Å². The monoisotopic (exact) mass is 385 g/mol. The lowest BCUT2D eigenvalue weighted by Crippen LogP contribution is -2.06. The Labute approximate surface area is 136 Å². The molecule has 0 aliphatic rings. The first-order valence-corrected chi connectivity index (χ1v) is 8.72. The second-order valence-corrected chi connectivity index (χ2v) is 7.05. The van der Waals surface area contributed by atoms with E-state index in [4.69, 9.17) is 4.74 Å². The van der Waals surface area contributed by atoms with E-state index in [1.165, 1.54) is 25.3 Å². The van der Waals surface area contributed by atoms with Crippen LogP contribution in [0, 0.1) is 0 Å². The van der Waals surface area contributed by atoms with Crippen LogP contribution in [0.25, 0.3) is 0 Å². The van der Waals surface area contributed by atoms with Crippen LogP contribution >= 0.6 is 15.9 Å². The van der Waals surface area contributed by atoms with Crippen LogP contribution in [0.3, 0.4) is 0 Å². The molecule has 1 aromatic carbocycles. The number of esters is 1. The number of methoxy groups -OCH3 is 1. The number of pyridine rings is 1. The Balaban J connectivity index is 2.52. The van der Waals surface area contributed by atoms with Gasteiger partial charge in [0.2, 0.25) is 0 Å². The summed E-state index contributed by atoms with van der Waals surface area (Å²) in [6.45, 7) is 0. The maximum atomic E-state index is 11.9. The van der Waals surface area contributed by atoms with E-state index in [9.17, 15) is 13.2 Å². The van der Waals surface area contributed by atoms with Gasteiger partial charge in [0, 0.05) is 12.5 Å². The highest BCUT2D eigenvalue weighted by atomic mass is 79.9. The number of hydrogen-bond donors (Lipinski definition) is 0. The molecule has 0 amide bonds. The molecule has 1 heterocycles. The Kier molecular flexibility index (Phi) is 4.82. The molecule has 0 aliphatic heterocycles. The van der Waals surface area contributed by atoms with Gasteiger partial charge in [0.1, 0.15) is 15.2 Å². The van der Waals surface area contributed by atoms with E-state index in [0.717, 1.165) is 6.26 Å². The van der Waals surface area contributed by atoms with Crippen LogP contribution in [0.4, 0.5) is 0 Å². The van der Waals surface area contributed by atoms with Crippen molar-refractivity contribution >= 4 is 31.7 Å². The van der Waals surface area contributed by atoms with Gasteiger partial charge in [-0.2, -0.15) is 0 Å². The van der Waals surface area contributed by atoms with Gasteiger partial charge in [-0.25, -0.2) is 18.2 Å². The fourth-order valence-corrected chi connectivity index (χ4v) is 2.84. The number of carbonyl (C=O) groups is 1. The highest BCUT2D eigenvalue weighted by Crippen LogP contribution is 2.32. The maximum absolute atomic E-state index is 11.9. The molecule has 0 fully saturated rings. The van der Waals surface area contributed by atoms with Crippen molar-refractivity contribution < 1.29 is 22.7 Å². The smallest absolute Gasteiger partial charge is 0.337 e. The molecular weight excluding hydrogens is 374 g/mol. The highest BCUT2D eigenvalue weighted by Gasteiger charge is 2.19. The Morgan fingerprint density at radius 1 is 1.23 bits per heavy atom. The predicted molar refractivity (Wildman–Crippen MR) is 82.9 cm³/mol. The molecule has 116 valence electrons. The fourth-order valence-electron chi connectivity index (χ4n) is 1.69. The van der Waals surface area contributed by atoms with Gasteiger partial charge in [-0.3, -0.25) is 0 Å². The standard InChI is InChI=1S/C14H12BrNO5S/c1-20-14(17)9-5-6-10(12(8-9)22(2,18)19)21-11-4-3-7-16-13(11)15/h3-8H,1-2H3. The van der Waals surface area contributed by atoms with Gasteiger partial charge in [0.15, 0.2) is 15.6 Å². The third kappa shape index (κ3) is 3.63. The number of nitrogens with zero attached hydrogens (tertiary/aromatic N) is 1. The van der Waals surface area contributed by atoms with E-state index in [0.29, 0.717) is 10.4 Å². The third-order valence-electron chi connectivity index (χ3n) is 2.71. The van der Waals surface area contributed by atoms with E-state index in [1.54, 1.807) is 18.3 Å². The van der Waals surface area contributed by atoms with Crippen molar-refractivity contribution in [3.05, 3.63) is 46.7 Å². The van der Waals surface area contributed by atoms with Gasteiger partial charge >= 0.3 is 5.97 Å². The minimum Gasteiger partial charge on any atom is -0.465 e. The molecule has 2 aromatic rings. The lowest BCUT2D eigenvalue weighted by molar-refractivity contribution is 0.0600. The molecule has 0 aliphatic carbocycles. The van der Waals surface area contributed by atoms with Crippen molar-refractivity contribution in [1.29, 1.82) is 0 Å². The lowest BCUT2D eigenvalue weighted by Gasteiger charge is -2.12. The summed E-state index contributed by atoms with van der Waals surface area (Å²) in [6, 6.07) is 7.35. The molecule has 8 heteroatoms. The predicted octanol–water partition coefficient (Wildman–Crippen LogP) is 2.83. The molecule has 1 aromatic heterocycles. The van der Waals surface area contributed by atoms with Crippen LogP contribution in [0.2, 0.25) is 0 Å². The summed E-state index contributed by atoms with van der Waals surface area (Å²) in [5.74, 6) is -0.166. The second-order valence-electron chi connectivity index (χ2n) is 4.32. The van der Waals surface area contributed by atoms with E-state index >= 15 is 0 Å². The molecule has 0 N–H and O–H groups in total. The normalized spacial score (nSPS) is 11.0. The van der Waals surface area contributed by atoms with Gasteiger partial charge in [-0.1, -0.05) is 0 Å². The fraction of sp³-hybridized carbons (Fsp3) is 0.143. The first-order chi connectivity index (χ1) is 10.3. The summed E-state index contributed by atoms with van der Waals surface area (Å²) in [5.41, 5.74) is 0.125. The van der Waals surface area contributed by atoms with Crippen LogP contribution in [0.5, 0.6) is 11.5 Å². The zero-order chi connectivity index (χ0) is 16.3. The first kappa shape index (κ1) is 16.4. The second kappa shape index (κ2) is 6.45. The quantitative estimate of drug-likeness (QED) is 0.594. The molecule has 0 radical (unpaired) electrons. The van der Waals surface area contributed by atoms with Crippen LogP contribution < -0.4 is 4.74 Å². The Morgan fingerprint density at radius 2 is 1.95 bits per heavy atom. The number of carbonyl (C=O) groups excluding carboxylic acids is 1. The number of hydrogen-bond acceptors (Lipinski definition) is 6. The summed E-state index contributed by atoms with van der Waals surface area (Å²) >= 11 is 3.22. The number of aromatic nitrogens is 1. The number of ether oxygens (including phenoxy) is 2. The zero-order valence-electron chi connectivity index (χ0n) is 11.7. The van der Waals surface area contributed by atoms with Gasteiger partial charge in [-0.05, 0) is 46.3 Å². The molecular formula is C14H12BrNO5S. The average molecular weight is 386 g/mol. The molecule has 0 saturated carbocycles. The van der Waals surface area contributed by atoms with Crippen molar-refractivity contribution in [2.45, 2.75) is 4.90 Å². The van der Waals surface area contributed by atoms with E-state index in [-0.39, 0.29) is 16.2 Å². The van der Waals surface area contributed by atoms with Gasteiger partial charge in [0.05, 0.1) is 12.7 Å². The SMILES string of the molecule is COC(=O)c1ccc(Oc2cccnc2Br)c(S(C)(=O)=O)c1. The van der Waals surface area contributed by atoms with Crippen LogP contribution in [-0.2, 0) is 14.6 Å². The van der Waals surface area contributed by atoms with Crippen LogP contribution in [0.15, 0.2) is 46.0 Å². The van der Waals surface area contributed by atoms with E-state index in [1.807, 2.05) is 0 Å². The molecule has 0 unspecified atom stereocenters. The van der Waals surface area contributed by atoms with Gasteiger partial charge in [0.25, 0.3) is 0 Å². The summed E-state index contributed by atoms with van der Waals surface area (Å²) in [4.78, 5) is 15.4. The van der Waals surface area contributed by atoms with Crippen molar-refractivity contribution in [3.8, 4) is 11.5 Å². The molecule has 0 atom stereocenters. The number of rotatable bonds is 4. The Morgan fingerprint density at radius 3 is 2.55 bits per heavy atom. The number of sulfone groups is 1. The van der Waals surface area contributed by atoms with Crippen molar-refractivity contribution in [2.24, 2.45) is 0 Å². The molecule has 2 rings (SSSR count). The van der Waals surface area contributed by atoms with Crippen LogP contribution in [-0.4, -0.2) is 32.7 Å². The van der Waals surface area contributed by atoms with Gasteiger partial charge < -0.3 is 9.47 Å². The molecule has 22 heavy (non-hydrogen) atoms. The molecule has 0 bridgehead atoms. The van der Waals surface area contributed by atoms with Crippen molar-refractivity contribution in [2.75, 3.05) is 13.4 Å². The molecule has 6 nitrogen and oxygen atoms in total. The van der Waals surface area contributed by atoms with Crippen molar-refractivity contribution in [3.63, 3.8) is 0 Å². The maximum Gasteiger partial charge on any atom is 0.337 e. The Bertz CT molecular complexity index is 820. The highest BCUT2D eigenvalue weighted by molar-refractivity contribution is 9.10. The van der Waals surface area contributed by atoms with Crippen LogP contribution in [0.1, 0.15) is 10.4 Å². The minimum atomic E-state index is -3.60. The number of benzene rings is 1.